The first-order valence-corrected chi connectivity index (χ1v) is 9.09. The van der Waals surface area contributed by atoms with E-state index in [1.807, 2.05) is 23.1 Å². The van der Waals surface area contributed by atoms with Gasteiger partial charge < -0.3 is 14.2 Å². The Bertz CT molecular complexity index is 729. The minimum atomic E-state index is -0.0400. The third-order valence-corrected chi connectivity index (χ3v) is 5.01. The van der Waals surface area contributed by atoms with Crippen molar-refractivity contribution < 1.29 is 14.1 Å². The largest absolute Gasteiger partial charge is 0.370 e. The number of aryl methyl sites for hydroxylation is 1. The molecule has 0 aromatic carbocycles. The van der Waals surface area contributed by atoms with Gasteiger partial charge in [0.1, 0.15) is 0 Å². The topological polar surface area (TPSA) is 68.5 Å². The average Bonchev–Trinajstić information content (AvgIpc) is 3.11. The third kappa shape index (κ3) is 3.58. The quantitative estimate of drug-likeness (QED) is 0.855. The second kappa shape index (κ2) is 7.35. The van der Waals surface area contributed by atoms with Gasteiger partial charge in [0.05, 0.1) is 24.1 Å². The Morgan fingerprint density at radius 1 is 1.28 bits per heavy atom. The molecular formula is C19H23N3O3. The summed E-state index contributed by atoms with van der Waals surface area (Å²) in [7, 11) is 0. The highest BCUT2D eigenvalue weighted by Gasteiger charge is 2.31. The van der Waals surface area contributed by atoms with Gasteiger partial charge in [0.2, 0.25) is 5.76 Å². The first-order chi connectivity index (χ1) is 12.3. The third-order valence-electron chi connectivity index (χ3n) is 5.01. The van der Waals surface area contributed by atoms with Crippen LogP contribution in [-0.4, -0.2) is 40.1 Å². The van der Waals surface area contributed by atoms with Gasteiger partial charge in [-0.25, -0.2) is 0 Å². The average molecular weight is 341 g/mol. The van der Waals surface area contributed by atoms with Crippen LogP contribution in [0.3, 0.4) is 0 Å². The van der Waals surface area contributed by atoms with Crippen LogP contribution in [-0.2, 0) is 24.2 Å². The van der Waals surface area contributed by atoms with E-state index < -0.39 is 0 Å². The predicted octanol–water partition coefficient (Wildman–Crippen LogP) is 2.77. The first-order valence-electron chi connectivity index (χ1n) is 9.09. The number of rotatable bonds is 4. The number of amides is 1. The summed E-state index contributed by atoms with van der Waals surface area (Å²) in [5, 5.41) is 4.11. The van der Waals surface area contributed by atoms with Gasteiger partial charge in [0.15, 0.2) is 0 Å². The van der Waals surface area contributed by atoms with Crippen molar-refractivity contribution in [3.05, 3.63) is 47.1 Å². The molecule has 1 aliphatic carbocycles. The van der Waals surface area contributed by atoms with E-state index in [2.05, 4.69) is 10.1 Å². The maximum atomic E-state index is 12.9. The van der Waals surface area contributed by atoms with Crippen LogP contribution < -0.4 is 0 Å². The Balaban J connectivity index is 1.39. The van der Waals surface area contributed by atoms with Crippen molar-refractivity contribution in [2.24, 2.45) is 0 Å². The van der Waals surface area contributed by atoms with Crippen molar-refractivity contribution in [1.82, 2.24) is 15.0 Å². The molecule has 2 aromatic heterocycles. The van der Waals surface area contributed by atoms with Crippen molar-refractivity contribution in [2.75, 3.05) is 13.1 Å². The van der Waals surface area contributed by atoms with Gasteiger partial charge in [-0.2, -0.15) is 0 Å². The molecule has 25 heavy (non-hydrogen) atoms. The van der Waals surface area contributed by atoms with E-state index in [1.54, 1.807) is 6.20 Å². The van der Waals surface area contributed by atoms with Gasteiger partial charge >= 0.3 is 0 Å². The number of ether oxygens (including phenoxy) is 1. The summed E-state index contributed by atoms with van der Waals surface area (Å²) >= 11 is 0. The number of piperidine rings is 1. The second-order valence-electron chi connectivity index (χ2n) is 6.79. The highest BCUT2D eigenvalue weighted by Crippen LogP contribution is 2.26. The lowest BCUT2D eigenvalue weighted by atomic mass is 9.95. The van der Waals surface area contributed by atoms with Crippen molar-refractivity contribution in [3.8, 4) is 0 Å². The Labute approximate surface area is 147 Å². The Morgan fingerprint density at radius 3 is 3.08 bits per heavy atom. The molecule has 0 bridgehead atoms. The Kier molecular flexibility index (Phi) is 4.78. The number of carbonyl (C=O) groups is 1. The lowest BCUT2D eigenvalue weighted by molar-refractivity contribution is -0.00888. The lowest BCUT2D eigenvalue weighted by Gasteiger charge is -2.32. The zero-order valence-electron chi connectivity index (χ0n) is 14.3. The summed E-state index contributed by atoms with van der Waals surface area (Å²) < 4.78 is 11.4. The number of pyridine rings is 1. The molecule has 0 radical (unpaired) electrons. The molecule has 0 spiro atoms. The maximum absolute atomic E-state index is 12.9. The maximum Gasteiger partial charge on any atom is 0.292 e. The number of aromatic nitrogens is 2. The molecule has 2 aliphatic rings. The molecule has 132 valence electrons. The molecular weight excluding hydrogens is 318 g/mol. The van der Waals surface area contributed by atoms with Gasteiger partial charge in [0.25, 0.3) is 5.91 Å². The van der Waals surface area contributed by atoms with Crippen LogP contribution in [0.15, 0.2) is 28.9 Å². The van der Waals surface area contributed by atoms with Gasteiger partial charge in [-0.15, -0.1) is 0 Å². The van der Waals surface area contributed by atoms with Crippen molar-refractivity contribution in [2.45, 2.75) is 51.2 Å². The van der Waals surface area contributed by atoms with E-state index in [4.69, 9.17) is 9.26 Å². The summed E-state index contributed by atoms with van der Waals surface area (Å²) in [6.07, 6.45) is 7.75. The summed E-state index contributed by atoms with van der Waals surface area (Å²) in [6, 6.07) is 5.80. The highest BCUT2D eigenvalue weighted by molar-refractivity contribution is 5.93. The van der Waals surface area contributed by atoms with Crippen molar-refractivity contribution in [1.29, 1.82) is 0 Å². The number of likely N-dealkylation sites (tertiary alicyclic amines) is 1. The Hall–Kier alpha value is -2.21. The minimum absolute atomic E-state index is 0.0400. The first kappa shape index (κ1) is 16.3. The smallest absolute Gasteiger partial charge is 0.292 e. The predicted molar refractivity (Wildman–Crippen MR) is 91.1 cm³/mol. The van der Waals surface area contributed by atoms with Crippen molar-refractivity contribution in [3.63, 3.8) is 0 Å². The van der Waals surface area contributed by atoms with E-state index in [-0.39, 0.29) is 12.0 Å². The van der Waals surface area contributed by atoms with Crippen molar-refractivity contribution >= 4 is 5.91 Å². The molecule has 0 saturated carbocycles. The van der Waals surface area contributed by atoms with Gasteiger partial charge in [-0.3, -0.25) is 9.78 Å². The molecule has 0 unspecified atom stereocenters. The summed E-state index contributed by atoms with van der Waals surface area (Å²) in [6.45, 7) is 1.82. The van der Waals surface area contributed by atoms with Gasteiger partial charge in [0, 0.05) is 24.8 Å². The van der Waals surface area contributed by atoms with Crippen LogP contribution in [0.5, 0.6) is 0 Å². The number of nitrogens with zero attached hydrogens (tertiary/aromatic N) is 3. The summed E-state index contributed by atoms with van der Waals surface area (Å²) in [5.41, 5.74) is 2.90. The molecule has 4 rings (SSSR count). The number of hydrogen-bond donors (Lipinski definition) is 0. The zero-order chi connectivity index (χ0) is 17.1. The van der Waals surface area contributed by atoms with Crippen LogP contribution in [0, 0.1) is 0 Å². The van der Waals surface area contributed by atoms with E-state index in [9.17, 15) is 4.79 Å². The molecule has 0 N–H and O–H groups in total. The fraction of sp³-hybridized carbons (Fsp3) is 0.526. The molecule has 1 saturated heterocycles. The van der Waals surface area contributed by atoms with Crippen LogP contribution in [0.4, 0.5) is 0 Å². The molecule has 1 amide bonds. The summed E-state index contributed by atoms with van der Waals surface area (Å²) in [5.74, 6) is 0.405. The van der Waals surface area contributed by atoms with E-state index >= 15 is 0 Å². The minimum Gasteiger partial charge on any atom is -0.370 e. The standard InChI is InChI=1S/C19H23N3O3/c23-19(18-16-8-1-2-9-17(16)21-25-18)22-11-5-7-15(12-22)24-13-14-6-3-4-10-20-14/h3-4,6,10,15H,1-2,5,7-9,11-13H2/t15-/m1/s1. The monoisotopic (exact) mass is 341 g/mol. The van der Waals surface area contributed by atoms with E-state index in [0.717, 1.165) is 62.0 Å². The molecule has 2 aromatic rings. The fourth-order valence-electron chi connectivity index (χ4n) is 3.65. The van der Waals surface area contributed by atoms with E-state index in [0.29, 0.717) is 18.9 Å². The zero-order valence-corrected chi connectivity index (χ0v) is 14.3. The second-order valence-corrected chi connectivity index (χ2v) is 6.79. The molecule has 6 nitrogen and oxygen atoms in total. The fourth-order valence-corrected chi connectivity index (χ4v) is 3.65. The van der Waals surface area contributed by atoms with E-state index in [1.165, 1.54) is 0 Å². The van der Waals surface area contributed by atoms with Gasteiger partial charge in [-0.05, 0) is 50.7 Å². The van der Waals surface area contributed by atoms with Gasteiger partial charge in [-0.1, -0.05) is 11.2 Å². The lowest BCUT2D eigenvalue weighted by Crippen LogP contribution is -2.43. The molecule has 6 heteroatoms. The molecule has 1 aliphatic heterocycles. The number of carbonyl (C=O) groups excluding carboxylic acids is 1. The molecule has 1 atom stereocenters. The number of hydrogen-bond acceptors (Lipinski definition) is 5. The molecule has 3 heterocycles. The SMILES string of the molecule is O=C(c1onc2c1CCCC2)N1CCC[C@@H](OCc2ccccn2)C1. The Morgan fingerprint density at radius 2 is 2.20 bits per heavy atom. The van der Waals surface area contributed by atoms with Crippen LogP contribution >= 0.6 is 0 Å². The highest BCUT2D eigenvalue weighted by atomic mass is 16.5. The van der Waals surface area contributed by atoms with Crippen LogP contribution in [0.25, 0.3) is 0 Å². The van der Waals surface area contributed by atoms with Crippen LogP contribution in [0.1, 0.15) is 53.2 Å². The van der Waals surface area contributed by atoms with Crippen LogP contribution in [0.2, 0.25) is 0 Å². The summed E-state index contributed by atoms with van der Waals surface area (Å²) in [4.78, 5) is 19.0. The normalized spacial score (nSPS) is 20.3. The molecule has 1 fully saturated rings. The number of fused-ring (bicyclic) bond motifs is 1.